The van der Waals surface area contributed by atoms with E-state index in [0.29, 0.717) is 36.3 Å². The first-order valence-corrected chi connectivity index (χ1v) is 12.4. The molecule has 2 aliphatic rings. The molecule has 0 unspecified atom stereocenters. The summed E-state index contributed by atoms with van der Waals surface area (Å²) in [5, 5.41) is 0. The largest absolute Gasteiger partial charge is 0.366 e. The Balaban J connectivity index is 1.61. The van der Waals surface area contributed by atoms with Gasteiger partial charge in [-0.05, 0) is 71.6 Å². The summed E-state index contributed by atoms with van der Waals surface area (Å²) in [6.45, 7) is 7.68. The fourth-order valence-corrected chi connectivity index (χ4v) is 6.97. The van der Waals surface area contributed by atoms with Crippen LogP contribution in [0, 0.1) is 6.92 Å². The van der Waals surface area contributed by atoms with Crippen LogP contribution in [0.4, 0.5) is 11.4 Å². The van der Waals surface area contributed by atoms with Crippen molar-refractivity contribution in [2.24, 2.45) is 0 Å². The van der Waals surface area contributed by atoms with Crippen LogP contribution in [-0.4, -0.2) is 50.9 Å². The molecule has 160 valence electrons. The fraction of sp³-hybridized carbons (Fsp3) is 0.409. The summed E-state index contributed by atoms with van der Waals surface area (Å²) in [7, 11) is -3.69. The Bertz CT molecular complexity index is 1100. The molecule has 2 aromatic rings. The van der Waals surface area contributed by atoms with Crippen molar-refractivity contribution in [1.29, 1.82) is 0 Å². The van der Waals surface area contributed by atoms with Crippen molar-refractivity contribution in [2.75, 3.05) is 36.0 Å². The molecule has 30 heavy (non-hydrogen) atoms. The summed E-state index contributed by atoms with van der Waals surface area (Å²) in [5.74, 6) is -0.0696. The van der Waals surface area contributed by atoms with Crippen molar-refractivity contribution in [3.05, 3.63) is 52.0 Å². The van der Waals surface area contributed by atoms with Crippen molar-refractivity contribution in [3.8, 4) is 0 Å². The number of piperazine rings is 1. The van der Waals surface area contributed by atoms with E-state index in [2.05, 4.69) is 52.9 Å². The number of carbonyl (C=O) groups is 1. The molecule has 2 heterocycles. The van der Waals surface area contributed by atoms with Crippen LogP contribution in [0.25, 0.3) is 0 Å². The first kappa shape index (κ1) is 21.3. The summed E-state index contributed by atoms with van der Waals surface area (Å²) < 4.78 is 29.1. The summed E-state index contributed by atoms with van der Waals surface area (Å²) in [4.78, 5) is 16.1. The van der Waals surface area contributed by atoms with Crippen LogP contribution >= 0.6 is 15.9 Å². The number of amides is 1. The smallest absolute Gasteiger partial charge is 0.244 e. The van der Waals surface area contributed by atoms with Crippen LogP contribution in [0.15, 0.2) is 45.8 Å². The second-order valence-corrected chi connectivity index (χ2v) is 10.8. The van der Waals surface area contributed by atoms with Gasteiger partial charge in [-0.3, -0.25) is 4.79 Å². The highest BCUT2D eigenvalue weighted by atomic mass is 79.9. The van der Waals surface area contributed by atoms with Gasteiger partial charge in [0.2, 0.25) is 15.9 Å². The lowest BCUT2D eigenvalue weighted by Gasteiger charge is -2.40. The van der Waals surface area contributed by atoms with E-state index in [1.54, 1.807) is 15.3 Å². The van der Waals surface area contributed by atoms with E-state index in [9.17, 15) is 13.2 Å². The minimum Gasteiger partial charge on any atom is -0.366 e. The lowest BCUT2D eigenvalue weighted by Crippen LogP contribution is -2.53. The molecule has 8 heteroatoms. The van der Waals surface area contributed by atoms with E-state index in [1.807, 2.05) is 12.1 Å². The molecule has 2 aromatic carbocycles. The van der Waals surface area contributed by atoms with E-state index < -0.39 is 10.0 Å². The zero-order valence-electron chi connectivity index (χ0n) is 17.4. The maximum absolute atomic E-state index is 13.5. The number of aryl methyl sites for hydroxylation is 1. The standard InChI is InChI=1S/C22H26BrN3O3S/c1-15-5-4-6-19(11-15)25-10-9-24(14-16(25)2)30(28,29)22-13-21-18(12-20(22)23)7-8-26(21)17(3)27/h4-6,11-13,16H,7-10,14H2,1-3H3/t16-/m0/s1. The first-order valence-electron chi connectivity index (χ1n) is 10.1. The lowest BCUT2D eigenvalue weighted by molar-refractivity contribution is -0.116. The van der Waals surface area contributed by atoms with E-state index in [0.717, 1.165) is 17.7 Å². The molecule has 0 N–H and O–H groups in total. The maximum Gasteiger partial charge on any atom is 0.244 e. The van der Waals surface area contributed by atoms with E-state index in [4.69, 9.17) is 0 Å². The number of anilines is 2. The van der Waals surface area contributed by atoms with Gasteiger partial charge in [-0.1, -0.05) is 12.1 Å². The number of hydrogen-bond acceptors (Lipinski definition) is 4. The van der Waals surface area contributed by atoms with Gasteiger partial charge in [0, 0.05) is 55.0 Å². The van der Waals surface area contributed by atoms with Crippen LogP contribution < -0.4 is 9.80 Å². The molecule has 0 spiro atoms. The third-order valence-corrected chi connectivity index (χ3v) is 8.77. The molecule has 1 fully saturated rings. The zero-order chi connectivity index (χ0) is 21.6. The number of benzene rings is 2. The van der Waals surface area contributed by atoms with Gasteiger partial charge in [0.15, 0.2) is 0 Å². The SMILES string of the molecule is CC(=O)N1CCc2cc(Br)c(S(=O)(=O)N3CCN(c4cccc(C)c4)[C@@H](C)C3)cc21. The Hall–Kier alpha value is -1.90. The second kappa shape index (κ2) is 7.98. The molecule has 0 aromatic heterocycles. The van der Waals surface area contributed by atoms with Gasteiger partial charge in [0.25, 0.3) is 0 Å². The summed E-state index contributed by atoms with van der Waals surface area (Å²) in [6, 6.07) is 11.8. The molecular formula is C22H26BrN3O3S. The molecule has 0 radical (unpaired) electrons. The fourth-order valence-electron chi connectivity index (χ4n) is 4.38. The van der Waals surface area contributed by atoms with Gasteiger partial charge >= 0.3 is 0 Å². The number of rotatable bonds is 3. The molecule has 6 nitrogen and oxygen atoms in total. The van der Waals surface area contributed by atoms with E-state index in [-0.39, 0.29) is 16.8 Å². The van der Waals surface area contributed by atoms with Crippen molar-refractivity contribution < 1.29 is 13.2 Å². The topological polar surface area (TPSA) is 60.9 Å². The summed E-state index contributed by atoms with van der Waals surface area (Å²) >= 11 is 3.46. The molecule has 1 amide bonds. The van der Waals surface area contributed by atoms with Crippen molar-refractivity contribution in [2.45, 2.75) is 38.1 Å². The predicted octanol–water partition coefficient (Wildman–Crippen LogP) is 3.57. The number of sulfonamides is 1. The van der Waals surface area contributed by atoms with Crippen molar-refractivity contribution >= 4 is 43.2 Å². The van der Waals surface area contributed by atoms with Crippen LogP contribution in [0.2, 0.25) is 0 Å². The number of hydrogen-bond donors (Lipinski definition) is 0. The average Bonchev–Trinajstić information content (AvgIpc) is 3.10. The highest BCUT2D eigenvalue weighted by Crippen LogP contribution is 2.37. The third-order valence-electron chi connectivity index (χ3n) is 5.95. The molecule has 2 aliphatic heterocycles. The van der Waals surface area contributed by atoms with Crippen LogP contribution in [0.5, 0.6) is 0 Å². The van der Waals surface area contributed by atoms with Gasteiger partial charge in [0.05, 0.1) is 4.90 Å². The van der Waals surface area contributed by atoms with Gasteiger partial charge < -0.3 is 9.80 Å². The second-order valence-electron chi connectivity index (χ2n) is 8.08. The Morgan fingerprint density at radius 3 is 2.57 bits per heavy atom. The van der Waals surface area contributed by atoms with E-state index >= 15 is 0 Å². The molecule has 0 aliphatic carbocycles. The highest BCUT2D eigenvalue weighted by Gasteiger charge is 2.35. The quantitative estimate of drug-likeness (QED) is 0.658. The number of carbonyl (C=O) groups excluding carboxylic acids is 1. The van der Waals surface area contributed by atoms with Gasteiger partial charge in [-0.2, -0.15) is 4.31 Å². The summed E-state index contributed by atoms with van der Waals surface area (Å²) in [6.07, 6.45) is 0.736. The normalized spacial score (nSPS) is 19.8. The Labute approximate surface area is 186 Å². The Kier molecular flexibility index (Phi) is 5.67. The van der Waals surface area contributed by atoms with Crippen molar-refractivity contribution in [1.82, 2.24) is 4.31 Å². The van der Waals surface area contributed by atoms with Gasteiger partial charge in [-0.15, -0.1) is 0 Å². The van der Waals surface area contributed by atoms with E-state index in [1.165, 1.54) is 12.5 Å². The lowest BCUT2D eigenvalue weighted by atomic mass is 10.1. The zero-order valence-corrected chi connectivity index (χ0v) is 19.8. The predicted molar refractivity (Wildman–Crippen MR) is 123 cm³/mol. The Morgan fingerprint density at radius 2 is 1.90 bits per heavy atom. The average molecular weight is 492 g/mol. The third kappa shape index (κ3) is 3.76. The molecule has 1 atom stereocenters. The number of fused-ring (bicyclic) bond motifs is 1. The molecule has 1 saturated heterocycles. The Morgan fingerprint density at radius 1 is 1.13 bits per heavy atom. The summed E-state index contributed by atoms with van der Waals surface area (Å²) in [5.41, 5.74) is 4.01. The van der Waals surface area contributed by atoms with Crippen molar-refractivity contribution in [3.63, 3.8) is 0 Å². The maximum atomic E-state index is 13.5. The molecular weight excluding hydrogens is 466 g/mol. The monoisotopic (exact) mass is 491 g/mol. The van der Waals surface area contributed by atoms with Crippen LogP contribution in [0.1, 0.15) is 25.0 Å². The molecule has 0 bridgehead atoms. The molecule has 4 rings (SSSR count). The minimum atomic E-state index is -3.69. The van der Waals surface area contributed by atoms with Crippen LogP contribution in [0.3, 0.4) is 0 Å². The number of halogens is 1. The van der Waals surface area contributed by atoms with Crippen LogP contribution in [-0.2, 0) is 21.2 Å². The minimum absolute atomic E-state index is 0.0530. The molecule has 0 saturated carbocycles. The number of nitrogens with zero attached hydrogens (tertiary/aromatic N) is 3. The first-order chi connectivity index (χ1) is 14.2. The van der Waals surface area contributed by atoms with Gasteiger partial charge in [0.1, 0.15) is 0 Å². The highest BCUT2D eigenvalue weighted by molar-refractivity contribution is 9.10. The van der Waals surface area contributed by atoms with Gasteiger partial charge in [-0.25, -0.2) is 8.42 Å².